The van der Waals surface area contributed by atoms with Crippen LogP contribution in [0.3, 0.4) is 0 Å². The molecular formula is C76H137N2O6P. The fourth-order valence-corrected chi connectivity index (χ4v) is 11.0. The zero-order valence-corrected chi connectivity index (χ0v) is 57.2. The summed E-state index contributed by atoms with van der Waals surface area (Å²) >= 11 is 0. The highest BCUT2D eigenvalue weighted by atomic mass is 31.2. The van der Waals surface area contributed by atoms with E-state index in [1.807, 2.05) is 27.2 Å². The molecule has 0 saturated carbocycles. The molecule has 0 aromatic carbocycles. The number of amides is 1. The molecule has 0 radical (unpaired) electrons. The van der Waals surface area contributed by atoms with E-state index >= 15 is 0 Å². The molecule has 0 spiro atoms. The van der Waals surface area contributed by atoms with Gasteiger partial charge in [-0.1, -0.05) is 335 Å². The highest BCUT2D eigenvalue weighted by molar-refractivity contribution is 7.45. The van der Waals surface area contributed by atoms with E-state index in [1.54, 1.807) is 6.08 Å². The molecule has 85 heavy (non-hydrogen) atoms. The third-order valence-corrected chi connectivity index (χ3v) is 16.7. The number of aliphatic hydroxyl groups excluding tert-OH is 1. The van der Waals surface area contributed by atoms with Gasteiger partial charge in [-0.25, -0.2) is 0 Å². The van der Waals surface area contributed by atoms with Crippen molar-refractivity contribution in [3.05, 3.63) is 109 Å². The minimum absolute atomic E-state index is 0.00480. The predicted octanol–water partition coefficient (Wildman–Crippen LogP) is 22.4. The molecule has 0 fully saturated rings. The average Bonchev–Trinajstić information content (AvgIpc) is 3.49. The number of nitrogens with zero attached hydrogens (tertiary/aromatic N) is 1. The number of rotatable bonds is 65. The van der Waals surface area contributed by atoms with E-state index < -0.39 is 20.0 Å². The predicted molar refractivity (Wildman–Crippen MR) is 371 cm³/mol. The number of phosphoric acid groups is 1. The fraction of sp³-hybridized carbons (Fsp3) is 0.750. The highest BCUT2D eigenvalue weighted by Gasteiger charge is 2.23. The summed E-state index contributed by atoms with van der Waals surface area (Å²) in [5.41, 5.74) is 0. The minimum atomic E-state index is -4.61. The first-order valence-corrected chi connectivity index (χ1v) is 37.2. The zero-order valence-electron chi connectivity index (χ0n) is 56.3. The molecule has 9 heteroatoms. The Bertz CT molecular complexity index is 1760. The maximum atomic E-state index is 13.0. The Morgan fingerprint density at radius 3 is 1.05 bits per heavy atom. The lowest BCUT2D eigenvalue weighted by atomic mass is 10.0. The normalized spacial score (nSPS) is 14.3. The van der Waals surface area contributed by atoms with Crippen molar-refractivity contribution in [2.45, 2.75) is 328 Å². The van der Waals surface area contributed by atoms with Crippen molar-refractivity contribution in [3.8, 4) is 0 Å². The molecule has 2 N–H and O–H groups in total. The number of hydrogen-bond acceptors (Lipinski definition) is 6. The average molecular weight is 1210 g/mol. The number of carbonyl (C=O) groups is 1. The van der Waals surface area contributed by atoms with Crippen LogP contribution in [0.5, 0.6) is 0 Å². The summed E-state index contributed by atoms with van der Waals surface area (Å²) in [4.78, 5) is 25.7. The first-order chi connectivity index (χ1) is 41.5. The lowest BCUT2D eigenvalue weighted by molar-refractivity contribution is -0.870. The second-order valence-electron chi connectivity index (χ2n) is 25.2. The SMILES string of the molecule is CC/C=C\C/C=C\C/C=C\C/C=C\C/C=C\C/C=C\C/C=C\C/C=C\CCCCCCCCCCCCCCC(=O)NC(COP(=O)([O-])OCC[N+](C)(C)C)C(O)/C=C/CCCCCCCCCCCCCCCCCCCCCCCCCC. The smallest absolute Gasteiger partial charge is 0.268 e. The number of likely N-dealkylation sites (N-methyl/N-ethyl adjacent to an activating group) is 1. The molecule has 1 amide bonds. The molecule has 0 rings (SSSR count). The summed E-state index contributed by atoms with van der Waals surface area (Å²) in [6, 6.07) is -0.896. The molecule has 0 bridgehead atoms. The van der Waals surface area contributed by atoms with Crippen LogP contribution in [0.25, 0.3) is 0 Å². The van der Waals surface area contributed by atoms with Crippen LogP contribution in [0.4, 0.5) is 0 Å². The van der Waals surface area contributed by atoms with Crippen molar-refractivity contribution in [2.75, 3.05) is 40.9 Å². The number of carbonyl (C=O) groups excluding carboxylic acids is 1. The van der Waals surface area contributed by atoms with Crippen LogP contribution in [0, 0.1) is 0 Å². The molecule has 0 aromatic rings. The van der Waals surface area contributed by atoms with Gasteiger partial charge in [0.25, 0.3) is 7.82 Å². The van der Waals surface area contributed by atoms with E-state index in [0.29, 0.717) is 17.4 Å². The summed E-state index contributed by atoms with van der Waals surface area (Å²) in [7, 11) is 1.26. The van der Waals surface area contributed by atoms with Crippen LogP contribution in [-0.2, 0) is 18.4 Å². The monoisotopic (exact) mass is 1210 g/mol. The van der Waals surface area contributed by atoms with E-state index in [-0.39, 0.29) is 19.1 Å². The summed E-state index contributed by atoms with van der Waals surface area (Å²) in [6.45, 7) is 4.56. The van der Waals surface area contributed by atoms with E-state index in [2.05, 4.69) is 116 Å². The van der Waals surface area contributed by atoms with Crippen LogP contribution in [0.2, 0.25) is 0 Å². The number of phosphoric ester groups is 1. The second kappa shape index (κ2) is 65.6. The van der Waals surface area contributed by atoms with E-state index in [0.717, 1.165) is 89.9 Å². The fourth-order valence-electron chi connectivity index (χ4n) is 10.2. The highest BCUT2D eigenvalue weighted by Crippen LogP contribution is 2.38. The molecule has 3 unspecified atom stereocenters. The lowest BCUT2D eigenvalue weighted by Gasteiger charge is -2.29. The summed E-state index contributed by atoms with van der Waals surface area (Å²) in [5.74, 6) is -0.200. The van der Waals surface area contributed by atoms with E-state index in [9.17, 15) is 19.4 Å². The Morgan fingerprint density at radius 1 is 0.424 bits per heavy atom. The van der Waals surface area contributed by atoms with Crippen molar-refractivity contribution in [1.29, 1.82) is 0 Å². The number of aliphatic hydroxyl groups is 1. The van der Waals surface area contributed by atoms with Crippen molar-refractivity contribution in [2.24, 2.45) is 0 Å². The number of unbranched alkanes of at least 4 members (excludes halogenated alkanes) is 36. The van der Waals surface area contributed by atoms with Crippen molar-refractivity contribution in [1.82, 2.24) is 5.32 Å². The molecule has 0 heterocycles. The number of hydrogen-bond donors (Lipinski definition) is 2. The van der Waals surface area contributed by atoms with Gasteiger partial charge in [0.05, 0.1) is 39.9 Å². The second-order valence-corrected chi connectivity index (χ2v) is 26.6. The van der Waals surface area contributed by atoms with E-state index in [1.165, 1.54) is 205 Å². The zero-order chi connectivity index (χ0) is 61.9. The Kier molecular flexibility index (Phi) is 63.4. The number of nitrogens with one attached hydrogen (secondary N) is 1. The first kappa shape index (κ1) is 82.2. The van der Waals surface area contributed by atoms with Crippen LogP contribution < -0.4 is 10.2 Å². The summed E-state index contributed by atoms with van der Waals surface area (Å²) in [6.07, 6.45) is 96.3. The standard InChI is InChI=1S/C76H137N2O6P/c1-6-8-10-12-14-16-18-20-22-24-26-28-30-32-34-35-36-37-38-39-40-41-42-43-44-46-48-50-52-54-56-58-60-62-64-66-68-70-76(80)77-74(73-84-85(81,82)83-72-71-78(3,4)5)75(79)69-67-65-63-61-59-57-55-53-51-49-47-45-33-31-29-27-25-23-21-19-17-15-13-11-9-7-2/h8,10,14,16,20,22,26,28,32,34,36-37,39-40,42-43,67,69,74-75,79H,6-7,9,11-13,15,17-19,21,23-25,27,29-31,33,35,38,41,44-66,68,70-73H2,1-5H3,(H-,77,80,81,82)/b10-8-,16-14-,22-20-,28-26-,34-32-,37-36-,40-39-,43-42-,69-67+. The first-order valence-electron chi connectivity index (χ1n) is 35.7. The maximum Gasteiger partial charge on any atom is 0.268 e. The van der Waals surface area contributed by atoms with Crippen LogP contribution in [-0.4, -0.2) is 68.5 Å². The van der Waals surface area contributed by atoms with Gasteiger partial charge < -0.3 is 28.8 Å². The molecule has 0 aliphatic carbocycles. The largest absolute Gasteiger partial charge is 0.756 e. The quantitative estimate of drug-likeness (QED) is 0.0272. The van der Waals surface area contributed by atoms with Crippen LogP contribution >= 0.6 is 7.82 Å². The molecule has 0 aromatic heterocycles. The Labute approximate surface area is 527 Å². The van der Waals surface area contributed by atoms with Crippen LogP contribution in [0.15, 0.2) is 109 Å². The van der Waals surface area contributed by atoms with Crippen molar-refractivity contribution in [3.63, 3.8) is 0 Å². The number of allylic oxidation sites excluding steroid dienone is 17. The molecule has 0 aliphatic rings. The van der Waals surface area contributed by atoms with Gasteiger partial charge in [0.15, 0.2) is 0 Å². The molecule has 3 atom stereocenters. The minimum Gasteiger partial charge on any atom is -0.756 e. The Balaban J connectivity index is 4.09. The van der Waals surface area contributed by atoms with Gasteiger partial charge in [-0.2, -0.15) is 0 Å². The topological polar surface area (TPSA) is 108 Å². The van der Waals surface area contributed by atoms with Crippen LogP contribution in [0.1, 0.15) is 316 Å². The van der Waals surface area contributed by atoms with Gasteiger partial charge in [0.1, 0.15) is 13.2 Å². The van der Waals surface area contributed by atoms with Crippen molar-refractivity contribution >= 4 is 13.7 Å². The molecule has 0 aliphatic heterocycles. The number of quaternary nitrogens is 1. The van der Waals surface area contributed by atoms with Gasteiger partial charge in [-0.15, -0.1) is 0 Å². The van der Waals surface area contributed by atoms with Gasteiger partial charge in [0.2, 0.25) is 5.91 Å². The van der Waals surface area contributed by atoms with Gasteiger partial charge >= 0.3 is 0 Å². The van der Waals surface area contributed by atoms with Gasteiger partial charge in [0, 0.05) is 6.42 Å². The Hall–Kier alpha value is -2.84. The van der Waals surface area contributed by atoms with Gasteiger partial charge in [-0.3, -0.25) is 9.36 Å². The molecule has 492 valence electrons. The van der Waals surface area contributed by atoms with Gasteiger partial charge in [-0.05, 0) is 83.5 Å². The van der Waals surface area contributed by atoms with E-state index in [4.69, 9.17) is 9.05 Å². The third kappa shape index (κ3) is 68.5. The summed E-state index contributed by atoms with van der Waals surface area (Å²) in [5, 5.41) is 14.0. The summed E-state index contributed by atoms with van der Waals surface area (Å²) < 4.78 is 23.5. The third-order valence-electron chi connectivity index (χ3n) is 15.7. The Morgan fingerprint density at radius 2 is 0.718 bits per heavy atom. The maximum absolute atomic E-state index is 13.0. The molecule has 0 saturated heterocycles. The van der Waals surface area contributed by atoms with Crippen molar-refractivity contribution < 1.29 is 32.9 Å². The molecule has 8 nitrogen and oxygen atoms in total. The lowest BCUT2D eigenvalue weighted by Crippen LogP contribution is -2.45. The molecular weight excluding hydrogens is 1070 g/mol.